The number of halogens is 2. The fourth-order valence-corrected chi connectivity index (χ4v) is 3.15. The van der Waals surface area contributed by atoms with Crippen molar-refractivity contribution in [2.45, 2.75) is 6.92 Å². The molecule has 1 aliphatic heterocycles. The SMILES string of the molecule is CCOC(=O)c1ccc(N2CCN(C(=O)CNC(=O)c3cc(F)cc(F)c3)CC2)nc1. The van der Waals surface area contributed by atoms with Crippen LogP contribution in [0.15, 0.2) is 36.5 Å². The van der Waals surface area contributed by atoms with Crippen molar-refractivity contribution in [2.75, 3.05) is 44.2 Å². The summed E-state index contributed by atoms with van der Waals surface area (Å²) in [4.78, 5) is 43.9. The van der Waals surface area contributed by atoms with Gasteiger partial charge in [-0.25, -0.2) is 18.6 Å². The molecule has 1 aromatic heterocycles. The lowest BCUT2D eigenvalue weighted by Crippen LogP contribution is -2.51. The van der Waals surface area contributed by atoms with Crippen molar-refractivity contribution >= 4 is 23.6 Å². The van der Waals surface area contributed by atoms with Crippen molar-refractivity contribution in [3.63, 3.8) is 0 Å². The maximum absolute atomic E-state index is 13.2. The van der Waals surface area contributed by atoms with E-state index in [9.17, 15) is 23.2 Å². The smallest absolute Gasteiger partial charge is 0.339 e. The highest BCUT2D eigenvalue weighted by atomic mass is 19.1. The number of rotatable bonds is 6. The first kappa shape index (κ1) is 22.1. The molecule has 1 N–H and O–H groups in total. The van der Waals surface area contributed by atoms with Crippen molar-refractivity contribution in [3.8, 4) is 0 Å². The Kier molecular flexibility index (Phi) is 7.11. The normalized spacial score (nSPS) is 13.6. The Morgan fingerprint density at radius 1 is 1.03 bits per heavy atom. The number of hydrogen-bond donors (Lipinski definition) is 1. The zero-order chi connectivity index (χ0) is 22.4. The van der Waals surface area contributed by atoms with E-state index in [1.54, 1.807) is 24.0 Å². The molecule has 2 amide bonds. The lowest BCUT2D eigenvalue weighted by atomic mass is 10.2. The third-order valence-electron chi connectivity index (χ3n) is 4.74. The summed E-state index contributed by atoms with van der Waals surface area (Å²) in [6, 6.07) is 5.84. The number of piperazine rings is 1. The number of pyridine rings is 1. The minimum Gasteiger partial charge on any atom is -0.462 e. The van der Waals surface area contributed by atoms with E-state index in [4.69, 9.17) is 4.74 Å². The van der Waals surface area contributed by atoms with Gasteiger partial charge in [-0.15, -0.1) is 0 Å². The average molecular weight is 432 g/mol. The first-order chi connectivity index (χ1) is 14.9. The molecule has 1 aliphatic rings. The van der Waals surface area contributed by atoms with Crippen LogP contribution in [0.25, 0.3) is 0 Å². The fourth-order valence-electron chi connectivity index (χ4n) is 3.15. The summed E-state index contributed by atoms with van der Waals surface area (Å²) in [6.07, 6.45) is 1.45. The lowest BCUT2D eigenvalue weighted by Gasteiger charge is -2.35. The second kappa shape index (κ2) is 9.96. The highest BCUT2D eigenvalue weighted by molar-refractivity contribution is 5.96. The van der Waals surface area contributed by atoms with Gasteiger partial charge in [0, 0.05) is 44.0 Å². The van der Waals surface area contributed by atoms with Crippen molar-refractivity contribution in [1.82, 2.24) is 15.2 Å². The molecule has 2 heterocycles. The Morgan fingerprint density at radius 2 is 1.71 bits per heavy atom. The van der Waals surface area contributed by atoms with E-state index in [-0.39, 0.29) is 24.6 Å². The zero-order valence-electron chi connectivity index (χ0n) is 16.9. The molecule has 2 aromatic rings. The number of hydrogen-bond acceptors (Lipinski definition) is 6. The van der Waals surface area contributed by atoms with Crippen LogP contribution in [0.3, 0.4) is 0 Å². The highest BCUT2D eigenvalue weighted by Crippen LogP contribution is 2.15. The Morgan fingerprint density at radius 3 is 2.29 bits per heavy atom. The third-order valence-corrected chi connectivity index (χ3v) is 4.74. The Bertz CT molecular complexity index is 940. The van der Waals surface area contributed by atoms with Gasteiger partial charge in [-0.2, -0.15) is 0 Å². The summed E-state index contributed by atoms with van der Waals surface area (Å²) in [5.74, 6) is -2.50. The van der Waals surface area contributed by atoms with Gasteiger partial charge in [0.05, 0.1) is 18.7 Å². The minimum absolute atomic E-state index is 0.188. The van der Waals surface area contributed by atoms with Crippen molar-refractivity contribution in [1.29, 1.82) is 0 Å². The second-order valence-electron chi connectivity index (χ2n) is 6.83. The van der Waals surface area contributed by atoms with Crippen LogP contribution in [0.2, 0.25) is 0 Å². The van der Waals surface area contributed by atoms with Gasteiger partial charge in [0.15, 0.2) is 0 Å². The number of benzene rings is 1. The number of aromatic nitrogens is 1. The minimum atomic E-state index is -0.864. The molecule has 0 spiro atoms. The molecule has 1 saturated heterocycles. The van der Waals surface area contributed by atoms with E-state index in [2.05, 4.69) is 10.3 Å². The zero-order valence-corrected chi connectivity index (χ0v) is 16.9. The maximum Gasteiger partial charge on any atom is 0.339 e. The van der Waals surface area contributed by atoms with Crippen LogP contribution in [0.5, 0.6) is 0 Å². The van der Waals surface area contributed by atoms with E-state index in [1.165, 1.54) is 6.20 Å². The van der Waals surface area contributed by atoms with Crippen molar-refractivity contribution in [3.05, 3.63) is 59.3 Å². The monoisotopic (exact) mass is 432 g/mol. The fraction of sp³-hybridized carbons (Fsp3) is 0.333. The van der Waals surface area contributed by atoms with Crippen LogP contribution in [0.4, 0.5) is 14.6 Å². The van der Waals surface area contributed by atoms with Gasteiger partial charge in [-0.3, -0.25) is 9.59 Å². The van der Waals surface area contributed by atoms with Gasteiger partial charge in [-0.05, 0) is 31.2 Å². The maximum atomic E-state index is 13.2. The Labute approximate surface area is 177 Å². The Balaban J connectivity index is 1.48. The molecule has 1 fully saturated rings. The lowest BCUT2D eigenvalue weighted by molar-refractivity contribution is -0.130. The van der Waals surface area contributed by atoms with E-state index < -0.39 is 23.5 Å². The quantitative estimate of drug-likeness (QED) is 0.698. The summed E-state index contributed by atoms with van der Waals surface area (Å²) in [5, 5.41) is 2.39. The van der Waals surface area contributed by atoms with Crippen LogP contribution >= 0.6 is 0 Å². The molecule has 0 atom stereocenters. The molecular weight excluding hydrogens is 410 g/mol. The largest absolute Gasteiger partial charge is 0.462 e. The van der Waals surface area contributed by atoms with Gasteiger partial charge in [0.25, 0.3) is 5.91 Å². The summed E-state index contributed by atoms with van der Waals surface area (Å²) >= 11 is 0. The molecule has 0 bridgehead atoms. The second-order valence-corrected chi connectivity index (χ2v) is 6.83. The van der Waals surface area contributed by atoms with Crippen LogP contribution in [0, 0.1) is 11.6 Å². The van der Waals surface area contributed by atoms with Crippen molar-refractivity contribution in [2.24, 2.45) is 0 Å². The molecule has 0 unspecified atom stereocenters. The number of esters is 1. The van der Waals surface area contributed by atoms with Gasteiger partial charge in [0.2, 0.25) is 5.91 Å². The van der Waals surface area contributed by atoms with E-state index in [1.807, 2.05) is 4.90 Å². The number of carbonyl (C=O) groups excluding carboxylic acids is 3. The van der Waals surface area contributed by atoms with Crippen LogP contribution in [-0.4, -0.2) is 67.0 Å². The first-order valence-electron chi connectivity index (χ1n) is 9.77. The number of carbonyl (C=O) groups is 3. The third kappa shape index (κ3) is 5.74. The predicted octanol–water partition coefficient (Wildman–Crippen LogP) is 1.62. The topological polar surface area (TPSA) is 91.8 Å². The number of nitrogens with zero attached hydrogens (tertiary/aromatic N) is 3. The molecule has 31 heavy (non-hydrogen) atoms. The number of ether oxygens (including phenoxy) is 1. The van der Waals surface area contributed by atoms with Gasteiger partial charge in [0.1, 0.15) is 17.5 Å². The van der Waals surface area contributed by atoms with E-state index in [0.717, 1.165) is 12.1 Å². The summed E-state index contributed by atoms with van der Waals surface area (Å²) in [6.45, 7) is 3.64. The van der Waals surface area contributed by atoms with Gasteiger partial charge in [-0.1, -0.05) is 0 Å². The van der Waals surface area contributed by atoms with Gasteiger partial charge >= 0.3 is 5.97 Å². The molecule has 164 valence electrons. The van der Waals surface area contributed by atoms with Gasteiger partial charge < -0.3 is 19.9 Å². The highest BCUT2D eigenvalue weighted by Gasteiger charge is 2.22. The number of anilines is 1. The molecule has 0 saturated carbocycles. The summed E-state index contributed by atoms with van der Waals surface area (Å²) in [7, 11) is 0. The molecule has 3 rings (SSSR count). The number of amides is 2. The molecule has 1 aromatic carbocycles. The van der Waals surface area contributed by atoms with Crippen molar-refractivity contribution < 1.29 is 27.9 Å². The number of nitrogens with one attached hydrogen (secondary N) is 1. The molecule has 10 heteroatoms. The van der Waals surface area contributed by atoms with E-state index in [0.29, 0.717) is 43.6 Å². The van der Waals surface area contributed by atoms with Crippen LogP contribution in [-0.2, 0) is 9.53 Å². The summed E-state index contributed by atoms with van der Waals surface area (Å²) < 4.78 is 31.4. The molecule has 8 nitrogen and oxygen atoms in total. The standard InChI is InChI=1S/C21H22F2N4O4/c1-2-31-21(30)14-3-4-18(24-12-14)26-5-7-27(8-6-26)19(28)13-25-20(29)15-9-16(22)11-17(23)10-15/h3-4,9-12H,2,5-8,13H2,1H3,(H,25,29). The predicted molar refractivity (Wildman–Crippen MR) is 108 cm³/mol. The van der Waals surface area contributed by atoms with Crippen LogP contribution < -0.4 is 10.2 Å². The molecular formula is C21H22F2N4O4. The average Bonchev–Trinajstić information content (AvgIpc) is 2.77. The Hall–Kier alpha value is -3.56. The summed E-state index contributed by atoms with van der Waals surface area (Å²) in [5.41, 5.74) is 0.181. The van der Waals surface area contributed by atoms with E-state index >= 15 is 0 Å². The molecule has 0 aliphatic carbocycles. The first-order valence-corrected chi connectivity index (χ1v) is 9.77. The van der Waals surface area contributed by atoms with Crippen LogP contribution in [0.1, 0.15) is 27.6 Å². The molecule has 0 radical (unpaired) electrons.